The molecule has 0 aromatic heterocycles. The smallest absolute Gasteiger partial charge is 0.195 e. The minimum atomic E-state index is -1.25. The van der Waals surface area contributed by atoms with Gasteiger partial charge in [-0.3, -0.25) is 4.79 Å². The van der Waals surface area contributed by atoms with Gasteiger partial charge in [-0.2, -0.15) is 0 Å². The van der Waals surface area contributed by atoms with E-state index in [1.165, 1.54) is 0 Å². The highest BCUT2D eigenvalue weighted by atomic mass is 16.5. The Hall–Kier alpha value is -2.72. The number of rotatable bonds is 9. The predicted molar refractivity (Wildman–Crippen MR) is 92.0 cm³/mol. The highest BCUT2D eigenvalue weighted by molar-refractivity contribution is 5.99. The lowest BCUT2D eigenvalue weighted by molar-refractivity contribution is -0.108. The molecule has 0 saturated heterocycles. The van der Waals surface area contributed by atoms with Gasteiger partial charge >= 0.3 is 0 Å². The Morgan fingerprint density at radius 1 is 1.17 bits per heavy atom. The first-order chi connectivity index (χ1) is 11.7. The number of carbonyl (C=O) groups is 2. The van der Waals surface area contributed by atoms with Crippen molar-refractivity contribution in [3.05, 3.63) is 78.4 Å². The van der Waals surface area contributed by atoms with Gasteiger partial charge in [0.25, 0.3) is 0 Å². The van der Waals surface area contributed by atoms with Crippen LogP contribution in [0.1, 0.15) is 28.4 Å². The van der Waals surface area contributed by atoms with Crippen LogP contribution in [0.4, 0.5) is 0 Å². The molecule has 2 aromatic carbocycles. The molecule has 2 rings (SSSR count). The number of aliphatic hydroxyl groups is 1. The van der Waals surface area contributed by atoms with Crippen LogP contribution in [0.25, 0.3) is 0 Å². The number of carbonyl (C=O) groups excluding carboxylic acids is 2. The summed E-state index contributed by atoms with van der Waals surface area (Å²) in [5.74, 6) is 0.102. The lowest BCUT2D eigenvalue weighted by Crippen LogP contribution is -2.13. The molecular weight excluding hydrogens is 304 g/mol. The van der Waals surface area contributed by atoms with Crippen LogP contribution in [0.5, 0.6) is 5.75 Å². The van der Waals surface area contributed by atoms with E-state index in [9.17, 15) is 14.7 Å². The summed E-state index contributed by atoms with van der Waals surface area (Å²) in [5.41, 5.74) is 0.918. The summed E-state index contributed by atoms with van der Waals surface area (Å²) in [6.07, 6.45) is 1.60. The van der Waals surface area contributed by atoms with Crippen molar-refractivity contribution in [3.8, 4) is 5.75 Å². The summed E-state index contributed by atoms with van der Waals surface area (Å²) < 4.78 is 5.64. The molecule has 0 aliphatic carbocycles. The largest absolute Gasteiger partial charge is 0.493 e. The SMILES string of the molecule is C=C[C@@H](CC=O)COc1cccc(C(O)C(=O)c2ccccc2)c1. The summed E-state index contributed by atoms with van der Waals surface area (Å²) in [5, 5.41) is 10.3. The lowest BCUT2D eigenvalue weighted by Gasteiger charge is -2.14. The van der Waals surface area contributed by atoms with Gasteiger partial charge in [-0.15, -0.1) is 6.58 Å². The fourth-order valence-corrected chi connectivity index (χ4v) is 2.25. The summed E-state index contributed by atoms with van der Waals surface area (Å²) in [6.45, 7) is 3.98. The van der Waals surface area contributed by atoms with Crippen LogP contribution in [-0.4, -0.2) is 23.8 Å². The van der Waals surface area contributed by atoms with Gasteiger partial charge in [0.2, 0.25) is 0 Å². The molecule has 1 unspecified atom stereocenters. The molecule has 0 fully saturated rings. The van der Waals surface area contributed by atoms with E-state index in [2.05, 4.69) is 6.58 Å². The van der Waals surface area contributed by atoms with E-state index in [0.29, 0.717) is 29.9 Å². The van der Waals surface area contributed by atoms with Crippen molar-refractivity contribution in [2.75, 3.05) is 6.61 Å². The zero-order chi connectivity index (χ0) is 17.4. The molecule has 0 bridgehead atoms. The molecule has 0 aliphatic rings. The minimum Gasteiger partial charge on any atom is -0.493 e. The predicted octanol–water partition coefficient (Wildman–Crippen LogP) is 3.37. The molecule has 2 aromatic rings. The monoisotopic (exact) mass is 324 g/mol. The van der Waals surface area contributed by atoms with Crippen LogP contribution in [0.15, 0.2) is 67.3 Å². The molecule has 0 amide bonds. The standard InChI is InChI=1S/C20H20O4/c1-2-15(11-12-21)14-24-18-10-6-9-17(13-18)20(23)19(22)16-7-4-3-5-8-16/h2-10,12-13,15,20,23H,1,11,14H2/t15-,20?/m0/s1. The van der Waals surface area contributed by atoms with Crippen molar-refractivity contribution in [2.45, 2.75) is 12.5 Å². The lowest BCUT2D eigenvalue weighted by atomic mass is 10.00. The van der Waals surface area contributed by atoms with Crippen molar-refractivity contribution in [2.24, 2.45) is 5.92 Å². The van der Waals surface area contributed by atoms with Crippen LogP contribution in [0.3, 0.4) is 0 Å². The molecule has 1 N–H and O–H groups in total. The Labute approximate surface area is 141 Å². The third kappa shape index (κ3) is 4.64. The number of ketones is 1. The number of benzene rings is 2. The molecular formula is C20H20O4. The van der Waals surface area contributed by atoms with Crippen molar-refractivity contribution in [3.63, 3.8) is 0 Å². The van der Waals surface area contributed by atoms with Crippen molar-refractivity contribution in [1.82, 2.24) is 0 Å². The first-order valence-corrected chi connectivity index (χ1v) is 7.72. The molecule has 24 heavy (non-hydrogen) atoms. The molecule has 2 atom stereocenters. The molecule has 0 aliphatic heterocycles. The van der Waals surface area contributed by atoms with Gasteiger partial charge in [-0.25, -0.2) is 0 Å². The average molecular weight is 324 g/mol. The molecule has 0 heterocycles. The summed E-state index contributed by atoms with van der Waals surface area (Å²) >= 11 is 0. The number of aldehydes is 1. The van der Waals surface area contributed by atoms with Crippen LogP contribution < -0.4 is 4.74 Å². The molecule has 124 valence electrons. The summed E-state index contributed by atoms with van der Waals surface area (Å²) in [4.78, 5) is 22.9. The van der Waals surface area contributed by atoms with E-state index >= 15 is 0 Å². The number of hydrogen-bond donors (Lipinski definition) is 1. The number of aliphatic hydroxyl groups excluding tert-OH is 1. The molecule has 4 heteroatoms. The summed E-state index contributed by atoms with van der Waals surface area (Å²) in [7, 11) is 0. The molecule has 0 radical (unpaired) electrons. The van der Waals surface area contributed by atoms with Gasteiger partial charge < -0.3 is 14.6 Å². The highest BCUT2D eigenvalue weighted by Crippen LogP contribution is 2.23. The Morgan fingerprint density at radius 2 is 1.92 bits per heavy atom. The molecule has 4 nitrogen and oxygen atoms in total. The van der Waals surface area contributed by atoms with Crippen LogP contribution in [0.2, 0.25) is 0 Å². The maximum Gasteiger partial charge on any atom is 0.195 e. The third-order valence-electron chi connectivity index (χ3n) is 3.68. The second-order valence-electron chi connectivity index (χ2n) is 5.41. The number of Topliss-reactive ketones (excluding diaryl/α,β-unsaturated/α-hetero) is 1. The van der Waals surface area contributed by atoms with Gasteiger partial charge in [0.15, 0.2) is 5.78 Å². The fourth-order valence-electron chi connectivity index (χ4n) is 2.25. The van der Waals surface area contributed by atoms with Gasteiger partial charge in [-0.05, 0) is 17.7 Å². The molecule has 0 spiro atoms. The second-order valence-corrected chi connectivity index (χ2v) is 5.41. The summed E-state index contributed by atoms with van der Waals surface area (Å²) in [6, 6.07) is 15.4. The van der Waals surface area contributed by atoms with E-state index in [1.54, 1.807) is 54.6 Å². The van der Waals surface area contributed by atoms with E-state index in [1.807, 2.05) is 6.07 Å². The van der Waals surface area contributed by atoms with E-state index < -0.39 is 6.10 Å². The first kappa shape index (κ1) is 17.6. The maximum atomic E-state index is 12.3. The van der Waals surface area contributed by atoms with E-state index in [-0.39, 0.29) is 11.7 Å². The van der Waals surface area contributed by atoms with Crippen molar-refractivity contribution in [1.29, 1.82) is 0 Å². The Balaban J connectivity index is 2.07. The first-order valence-electron chi connectivity index (χ1n) is 7.72. The minimum absolute atomic E-state index is 0.0676. The maximum absolute atomic E-state index is 12.3. The topological polar surface area (TPSA) is 63.6 Å². The van der Waals surface area contributed by atoms with Crippen molar-refractivity contribution < 1.29 is 19.4 Å². The van der Waals surface area contributed by atoms with Crippen LogP contribution in [0, 0.1) is 5.92 Å². The third-order valence-corrected chi connectivity index (χ3v) is 3.68. The van der Waals surface area contributed by atoms with Crippen molar-refractivity contribution >= 4 is 12.1 Å². The fraction of sp³-hybridized carbons (Fsp3) is 0.200. The zero-order valence-electron chi connectivity index (χ0n) is 13.3. The normalized spacial score (nSPS) is 12.9. The molecule has 0 saturated carbocycles. The van der Waals surface area contributed by atoms with Gasteiger partial charge in [-0.1, -0.05) is 48.5 Å². The van der Waals surface area contributed by atoms with Gasteiger partial charge in [0.05, 0.1) is 6.61 Å². The van der Waals surface area contributed by atoms with Crippen LogP contribution >= 0.6 is 0 Å². The Bertz CT molecular complexity index is 694. The van der Waals surface area contributed by atoms with E-state index in [4.69, 9.17) is 4.74 Å². The quantitative estimate of drug-likeness (QED) is 0.436. The van der Waals surface area contributed by atoms with E-state index in [0.717, 1.165) is 6.29 Å². The van der Waals surface area contributed by atoms with Crippen LogP contribution in [-0.2, 0) is 4.79 Å². The average Bonchev–Trinajstić information content (AvgIpc) is 2.64. The Morgan fingerprint density at radius 3 is 2.58 bits per heavy atom. The number of ether oxygens (including phenoxy) is 1. The Kier molecular flexibility index (Phi) is 6.46. The number of hydrogen-bond acceptors (Lipinski definition) is 4. The van der Waals surface area contributed by atoms with Gasteiger partial charge in [0.1, 0.15) is 18.1 Å². The zero-order valence-corrected chi connectivity index (χ0v) is 13.3. The highest BCUT2D eigenvalue weighted by Gasteiger charge is 2.19. The van der Waals surface area contributed by atoms with Gasteiger partial charge in [0, 0.05) is 17.9 Å². The second kappa shape index (κ2) is 8.79.